The summed E-state index contributed by atoms with van der Waals surface area (Å²) in [5.74, 6) is -0.530. The van der Waals surface area contributed by atoms with Crippen molar-refractivity contribution in [2.75, 3.05) is 13.7 Å². The Morgan fingerprint density at radius 1 is 1.58 bits per heavy atom. The molecule has 0 aliphatic rings. The lowest BCUT2D eigenvalue weighted by Crippen LogP contribution is -2.37. The quantitative estimate of drug-likeness (QED) is 0.643. The molecule has 6 nitrogen and oxygen atoms in total. The van der Waals surface area contributed by atoms with Crippen molar-refractivity contribution >= 4 is 23.2 Å². The smallest absolute Gasteiger partial charge is 0.300 e. The van der Waals surface area contributed by atoms with E-state index in [0.29, 0.717) is 13.0 Å². The summed E-state index contributed by atoms with van der Waals surface area (Å²) in [5.41, 5.74) is -0.430. The van der Waals surface area contributed by atoms with Crippen molar-refractivity contribution in [3.63, 3.8) is 0 Å². The number of methoxy groups -OCH3 is 1. The third kappa shape index (κ3) is 3.90. The molecule has 0 bridgehead atoms. The Hall–Kier alpha value is -1.66. The lowest BCUT2D eigenvalue weighted by molar-refractivity contribution is -0.385. The van der Waals surface area contributed by atoms with Gasteiger partial charge in [-0.2, -0.15) is 0 Å². The normalized spacial score (nSPS) is 11.9. The molecule has 1 rings (SSSR count). The van der Waals surface area contributed by atoms with Gasteiger partial charge in [-0.15, -0.1) is 0 Å². The van der Waals surface area contributed by atoms with Crippen molar-refractivity contribution < 1.29 is 14.5 Å². The van der Waals surface area contributed by atoms with Crippen molar-refractivity contribution in [1.29, 1.82) is 0 Å². The molecule has 0 fully saturated rings. The fourth-order valence-corrected chi connectivity index (χ4v) is 1.85. The molecule has 0 radical (unpaired) electrons. The second-order valence-electron chi connectivity index (χ2n) is 3.93. The Labute approximate surface area is 115 Å². The number of carbonyl (C=O) groups excluding carboxylic acids is 1. The Morgan fingerprint density at radius 3 is 2.79 bits per heavy atom. The second kappa shape index (κ2) is 7.06. The van der Waals surface area contributed by atoms with Crippen molar-refractivity contribution in [3.05, 3.63) is 38.9 Å². The average Bonchev–Trinajstić information content (AvgIpc) is 2.37. The van der Waals surface area contributed by atoms with Crippen LogP contribution in [0.4, 0.5) is 5.69 Å². The number of halogens is 1. The maximum Gasteiger partial charge on any atom is 0.300 e. The van der Waals surface area contributed by atoms with Gasteiger partial charge in [-0.25, -0.2) is 0 Å². The summed E-state index contributed by atoms with van der Waals surface area (Å²) < 4.78 is 4.96. The van der Waals surface area contributed by atoms with Crippen molar-refractivity contribution in [2.24, 2.45) is 0 Å². The van der Waals surface area contributed by atoms with E-state index in [1.807, 2.05) is 6.92 Å². The molecule has 0 heterocycles. The minimum absolute atomic E-state index is 0.0490. The Morgan fingerprint density at radius 2 is 2.26 bits per heavy atom. The zero-order valence-electron chi connectivity index (χ0n) is 10.7. The number of ether oxygens (including phenoxy) is 1. The van der Waals surface area contributed by atoms with Crippen LogP contribution in [0.1, 0.15) is 23.7 Å². The molecule has 19 heavy (non-hydrogen) atoms. The van der Waals surface area contributed by atoms with Crippen molar-refractivity contribution in [2.45, 2.75) is 19.4 Å². The van der Waals surface area contributed by atoms with Gasteiger partial charge < -0.3 is 10.1 Å². The number of hydrogen-bond acceptors (Lipinski definition) is 4. The van der Waals surface area contributed by atoms with Crippen LogP contribution in [0.5, 0.6) is 0 Å². The fourth-order valence-electron chi connectivity index (χ4n) is 1.61. The first-order chi connectivity index (χ1) is 9.01. The Kier molecular flexibility index (Phi) is 5.72. The SMILES string of the molecule is CCC(COC)NC(=O)c1cccc(Cl)c1[N+](=O)[O-]. The van der Waals surface area contributed by atoms with Crippen LogP contribution in [0, 0.1) is 10.1 Å². The number of amides is 1. The van der Waals surface area contributed by atoms with E-state index in [2.05, 4.69) is 5.32 Å². The summed E-state index contributed by atoms with van der Waals surface area (Å²) in [6.45, 7) is 2.23. The summed E-state index contributed by atoms with van der Waals surface area (Å²) in [4.78, 5) is 22.3. The van der Waals surface area contributed by atoms with Gasteiger partial charge in [0.1, 0.15) is 10.6 Å². The standard InChI is InChI=1S/C12H15ClN2O4/c1-3-8(7-19-2)14-12(16)9-5-4-6-10(13)11(9)15(17)18/h4-6,8H,3,7H2,1-2H3,(H,14,16). The number of hydrogen-bond donors (Lipinski definition) is 1. The molecule has 7 heteroatoms. The van der Waals surface area contributed by atoms with Crippen LogP contribution in [-0.4, -0.2) is 30.6 Å². The van der Waals surface area contributed by atoms with Gasteiger partial charge >= 0.3 is 5.69 Å². The van der Waals surface area contributed by atoms with Gasteiger partial charge in [0.15, 0.2) is 0 Å². The van der Waals surface area contributed by atoms with E-state index in [0.717, 1.165) is 0 Å². The fraction of sp³-hybridized carbons (Fsp3) is 0.417. The van der Waals surface area contributed by atoms with Crippen LogP contribution in [0.25, 0.3) is 0 Å². The molecule has 0 aliphatic carbocycles. The van der Waals surface area contributed by atoms with Crippen LogP contribution in [-0.2, 0) is 4.74 Å². The van der Waals surface area contributed by atoms with Gasteiger partial charge in [0, 0.05) is 7.11 Å². The predicted molar refractivity (Wildman–Crippen MR) is 71.5 cm³/mol. The molecular weight excluding hydrogens is 272 g/mol. The van der Waals surface area contributed by atoms with Crippen LogP contribution >= 0.6 is 11.6 Å². The molecule has 104 valence electrons. The first-order valence-electron chi connectivity index (χ1n) is 5.74. The van der Waals surface area contributed by atoms with E-state index in [1.165, 1.54) is 25.3 Å². The highest BCUT2D eigenvalue weighted by molar-refractivity contribution is 6.33. The molecule has 1 amide bonds. The zero-order valence-corrected chi connectivity index (χ0v) is 11.4. The van der Waals surface area contributed by atoms with Gasteiger partial charge in [0.05, 0.1) is 17.6 Å². The topological polar surface area (TPSA) is 81.5 Å². The lowest BCUT2D eigenvalue weighted by Gasteiger charge is -2.15. The first kappa shape index (κ1) is 15.4. The van der Waals surface area contributed by atoms with Gasteiger partial charge in [-0.05, 0) is 18.6 Å². The molecule has 0 aliphatic heterocycles. The molecule has 1 N–H and O–H groups in total. The number of benzene rings is 1. The summed E-state index contributed by atoms with van der Waals surface area (Å²) in [6, 6.07) is 4.06. The minimum atomic E-state index is -0.658. The number of carbonyl (C=O) groups is 1. The zero-order chi connectivity index (χ0) is 14.4. The third-order valence-electron chi connectivity index (χ3n) is 2.61. The molecule has 1 aromatic rings. The highest BCUT2D eigenvalue weighted by Crippen LogP contribution is 2.28. The Bertz CT molecular complexity index is 479. The predicted octanol–water partition coefficient (Wildman–Crippen LogP) is 2.40. The number of nitrogens with one attached hydrogen (secondary N) is 1. The minimum Gasteiger partial charge on any atom is -0.383 e. The first-order valence-corrected chi connectivity index (χ1v) is 6.11. The highest BCUT2D eigenvalue weighted by Gasteiger charge is 2.24. The Balaban J connectivity index is 3.00. The lowest BCUT2D eigenvalue weighted by atomic mass is 10.1. The number of nitrogens with zero attached hydrogens (tertiary/aromatic N) is 1. The maximum atomic E-state index is 12.0. The van der Waals surface area contributed by atoms with Crippen LogP contribution in [0.15, 0.2) is 18.2 Å². The highest BCUT2D eigenvalue weighted by atomic mass is 35.5. The van der Waals surface area contributed by atoms with Gasteiger partial charge in [0.2, 0.25) is 0 Å². The summed E-state index contributed by atoms with van der Waals surface area (Å²) in [5, 5.41) is 13.6. The monoisotopic (exact) mass is 286 g/mol. The van der Waals surface area contributed by atoms with E-state index in [9.17, 15) is 14.9 Å². The van der Waals surface area contributed by atoms with Gasteiger partial charge in [-0.3, -0.25) is 14.9 Å². The van der Waals surface area contributed by atoms with Crippen molar-refractivity contribution in [3.8, 4) is 0 Å². The van der Waals surface area contributed by atoms with E-state index in [-0.39, 0.29) is 22.3 Å². The van der Waals surface area contributed by atoms with Crippen LogP contribution < -0.4 is 5.32 Å². The van der Waals surface area contributed by atoms with E-state index < -0.39 is 10.8 Å². The molecule has 1 aromatic carbocycles. The number of rotatable bonds is 6. The van der Waals surface area contributed by atoms with E-state index in [4.69, 9.17) is 16.3 Å². The molecule has 1 unspecified atom stereocenters. The molecule has 0 saturated carbocycles. The number of nitro groups is 1. The molecule has 0 saturated heterocycles. The maximum absolute atomic E-state index is 12.0. The average molecular weight is 287 g/mol. The summed E-state index contributed by atoms with van der Waals surface area (Å²) >= 11 is 5.75. The number of para-hydroxylation sites is 1. The molecule has 1 atom stereocenters. The third-order valence-corrected chi connectivity index (χ3v) is 2.91. The summed E-state index contributed by atoms with van der Waals surface area (Å²) in [7, 11) is 1.52. The van der Waals surface area contributed by atoms with Gasteiger partial charge in [-0.1, -0.05) is 24.6 Å². The van der Waals surface area contributed by atoms with E-state index in [1.54, 1.807) is 0 Å². The van der Waals surface area contributed by atoms with Crippen molar-refractivity contribution in [1.82, 2.24) is 5.32 Å². The van der Waals surface area contributed by atoms with Crippen LogP contribution in [0.3, 0.4) is 0 Å². The summed E-state index contributed by atoms with van der Waals surface area (Å²) in [6.07, 6.45) is 0.661. The van der Waals surface area contributed by atoms with Crippen LogP contribution in [0.2, 0.25) is 5.02 Å². The molecule has 0 spiro atoms. The molecular formula is C12H15ClN2O4. The molecule has 0 aromatic heterocycles. The van der Waals surface area contributed by atoms with Gasteiger partial charge in [0.25, 0.3) is 5.91 Å². The van der Waals surface area contributed by atoms with E-state index >= 15 is 0 Å². The number of nitro benzene ring substituents is 1. The second-order valence-corrected chi connectivity index (χ2v) is 4.33. The largest absolute Gasteiger partial charge is 0.383 e.